The summed E-state index contributed by atoms with van der Waals surface area (Å²) in [4.78, 5) is 0. The first-order valence-corrected chi connectivity index (χ1v) is 7.55. The number of para-hydroxylation sites is 1. The van der Waals surface area contributed by atoms with Gasteiger partial charge >= 0.3 is 0 Å². The normalized spacial score (nSPS) is 18.4. The van der Waals surface area contributed by atoms with Gasteiger partial charge in [-0.05, 0) is 6.07 Å². The molecule has 1 aliphatic rings. The lowest BCUT2D eigenvalue weighted by molar-refractivity contribution is 0.168. The molecule has 118 valence electrons. The van der Waals surface area contributed by atoms with Crippen LogP contribution in [0.3, 0.4) is 0 Å². The molecule has 0 amide bonds. The van der Waals surface area contributed by atoms with Crippen LogP contribution in [-0.2, 0) is 6.54 Å². The summed E-state index contributed by atoms with van der Waals surface area (Å²) in [5.41, 5.74) is 0.814. The third kappa shape index (κ3) is 3.23. The van der Waals surface area contributed by atoms with Gasteiger partial charge in [0.2, 0.25) is 0 Å². The van der Waals surface area contributed by atoms with E-state index in [4.69, 9.17) is 4.74 Å². The van der Waals surface area contributed by atoms with Gasteiger partial charge in [0.05, 0.1) is 19.4 Å². The number of benzene rings is 1. The van der Waals surface area contributed by atoms with Gasteiger partial charge in [0.25, 0.3) is 0 Å². The lowest BCUT2D eigenvalue weighted by Gasteiger charge is -2.25. The highest BCUT2D eigenvalue weighted by molar-refractivity contribution is 5.36. The topological polar surface area (TPSA) is 71.3 Å². The molecule has 0 aliphatic carbocycles. The van der Waals surface area contributed by atoms with Gasteiger partial charge in [-0.15, -0.1) is 0 Å². The summed E-state index contributed by atoms with van der Waals surface area (Å²) in [7, 11) is 1.62. The van der Waals surface area contributed by atoms with E-state index in [9.17, 15) is 5.11 Å². The number of rotatable bonds is 6. The zero-order valence-electron chi connectivity index (χ0n) is 12.7. The van der Waals surface area contributed by atoms with Crippen LogP contribution in [-0.4, -0.2) is 41.6 Å². The Morgan fingerprint density at radius 1 is 1.45 bits per heavy atom. The number of nitrogens with one attached hydrogen (secondary N) is 2. The van der Waals surface area contributed by atoms with Crippen LogP contribution >= 0.6 is 0 Å². The molecule has 1 aromatic heterocycles. The van der Waals surface area contributed by atoms with Crippen molar-refractivity contribution < 1.29 is 9.84 Å². The van der Waals surface area contributed by atoms with Crippen molar-refractivity contribution in [3.05, 3.63) is 42.1 Å². The molecule has 2 atom stereocenters. The maximum atomic E-state index is 10.3. The van der Waals surface area contributed by atoms with Gasteiger partial charge in [-0.25, -0.2) is 4.68 Å². The van der Waals surface area contributed by atoms with Crippen molar-refractivity contribution >= 4 is 5.82 Å². The highest BCUT2D eigenvalue weighted by atomic mass is 16.5. The number of hydrogen-bond acceptors (Lipinski definition) is 5. The van der Waals surface area contributed by atoms with Crippen LogP contribution in [0, 0.1) is 5.92 Å². The van der Waals surface area contributed by atoms with Gasteiger partial charge in [0, 0.05) is 43.7 Å². The van der Waals surface area contributed by atoms with Crippen molar-refractivity contribution in [1.82, 2.24) is 15.1 Å². The Morgan fingerprint density at radius 3 is 3.18 bits per heavy atom. The molecular weight excluding hydrogens is 280 g/mol. The van der Waals surface area contributed by atoms with Gasteiger partial charge < -0.3 is 20.5 Å². The predicted octanol–water partition coefficient (Wildman–Crippen LogP) is 1.26. The molecule has 2 unspecified atom stereocenters. The maximum absolute atomic E-state index is 10.3. The van der Waals surface area contributed by atoms with Crippen LogP contribution in [0.15, 0.2) is 36.5 Å². The Labute approximate surface area is 130 Å². The second-order valence-electron chi connectivity index (χ2n) is 5.56. The lowest BCUT2D eigenvalue weighted by Crippen LogP contribution is -2.36. The molecule has 6 nitrogen and oxygen atoms in total. The third-order valence-corrected chi connectivity index (χ3v) is 3.99. The summed E-state index contributed by atoms with van der Waals surface area (Å²) >= 11 is 0. The Morgan fingerprint density at radius 2 is 2.32 bits per heavy atom. The maximum Gasteiger partial charge on any atom is 0.124 e. The highest BCUT2D eigenvalue weighted by Gasteiger charge is 2.19. The standard InChI is InChI=1S/C16H22N4O2/c1-22-15-5-3-2-4-13(15)14(21)10-17-8-12-9-18-16-6-7-19-20(16)11-12/h2-7,12,14,17-18,21H,8-11H2,1H3. The number of aliphatic hydroxyl groups excluding tert-OH is 1. The molecule has 0 fully saturated rings. The molecule has 3 rings (SSSR count). The van der Waals surface area contributed by atoms with Gasteiger partial charge in [0.1, 0.15) is 11.6 Å². The minimum atomic E-state index is -0.576. The largest absolute Gasteiger partial charge is 0.496 e. The number of anilines is 1. The molecule has 0 saturated carbocycles. The average Bonchev–Trinajstić information content (AvgIpc) is 3.02. The first-order chi connectivity index (χ1) is 10.8. The lowest BCUT2D eigenvalue weighted by atomic mass is 10.1. The first kappa shape index (κ1) is 14.9. The molecule has 0 bridgehead atoms. The zero-order chi connectivity index (χ0) is 15.4. The molecular formula is C16H22N4O2. The molecule has 3 N–H and O–H groups in total. The fraction of sp³-hybridized carbons (Fsp3) is 0.438. The van der Waals surface area contributed by atoms with Crippen molar-refractivity contribution in [2.24, 2.45) is 5.92 Å². The number of aliphatic hydroxyl groups is 1. The number of nitrogens with zero attached hydrogens (tertiary/aromatic N) is 2. The summed E-state index contributed by atoms with van der Waals surface area (Å²) in [5.74, 6) is 2.25. The number of hydrogen-bond donors (Lipinski definition) is 3. The number of fused-ring (bicyclic) bond motifs is 1. The second kappa shape index (κ2) is 6.81. The van der Waals surface area contributed by atoms with E-state index in [2.05, 4.69) is 15.7 Å². The van der Waals surface area contributed by atoms with E-state index in [1.165, 1.54) is 0 Å². The Bertz CT molecular complexity index is 614. The van der Waals surface area contributed by atoms with Gasteiger partial charge in [-0.3, -0.25) is 0 Å². The minimum Gasteiger partial charge on any atom is -0.496 e. The highest BCUT2D eigenvalue weighted by Crippen LogP contribution is 2.24. The van der Waals surface area contributed by atoms with E-state index in [-0.39, 0.29) is 0 Å². The van der Waals surface area contributed by atoms with Crippen LogP contribution < -0.4 is 15.4 Å². The van der Waals surface area contributed by atoms with Gasteiger partial charge in [-0.2, -0.15) is 5.10 Å². The Balaban J connectivity index is 1.49. The third-order valence-electron chi connectivity index (χ3n) is 3.99. The second-order valence-corrected chi connectivity index (χ2v) is 5.56. The summed E-state index contributed by atoms with van der Waals surface area (Å²) in [6.07, 6.45) is 1.23. The zero-order valence-corrected chi connectivity index (χ0v) is 12.7. The smallest absolute Gasteiger partial charge is 0.124 e. The van der Waals surface area contributed by atoms with Crippen LogP contribution in [0.4, 0.5) is 5.82 Å². The van der Waals surface area contributed by atoms with E-state index in [0.29, 0.717) is 12.5 Å². The van der Waals surface area contributed by atoms with Gasteiger partial charge in [0.15, 0.2) is 0 Å². The first-order valence-electron chi connectivity index (χ1n) is 7.55. The van der Waals surface area contributed by atoms with Crippen LogP contribution in [0.2, 0.25) is 0 Å². The summed E-state index contributed by atoms with van der Waals surface area (Å²) < 4.78 is 7.26. The van der Waals surface area contributed by atoms with E-state index < -0.39 is 6.10 Å². The van der Waals surface area contributed by atoms with Crippen LogP contribution in [0.1, 0.15) is 11.7 Å². The fourth-order valence-electron chi connectivity index (χ4n) is 2.80. The fourth-order valence-corrected chi connectivity index (χ4v) is 2.80. The summed E-state index contributed by atoms with van der Waals surface area (Å²) in [6, 6.07) is 9.55. The number of methoxy groups -OCH3 is 1. The number of ether oxygens (including phenoxy) is 1. The molecule has 22 heavy (non-hydrogen) atoms. The SMILES string of the molecule is COc1ccccc1C(O)CNCC1CNc2ccnn2C1. The van der Waals surface area contributed by atoms with E-state index in [1.807, 2.05) is 41.2 Å². The predicted molar refractivity (Wildman–Crippen MR) is 85.0 cm³/mol. The van der Waals surface area contributed by atoms with Crippen molar-refractivity contribution in [2.45, 2.75) is 12.6 Å². The van der Waals surface area contributed by atoms with Gasteiger partial charge in [-0.1, -0.05) is 18.2 Å². The summed E-state index contributed by atoms with van der Waals surface area (Å²) in [5, 5.41) is 21.3. The van der Waals surface area contributed by atoms with E-state index >= 15 is 0 Å². The number of aromatic nitrogens is 2. The summed E-state index contributed by atoms with van der Waals surface area (Å²) in [6.45, 7) is 3.15. The molecule has 6 heteroatoms. The van der Waals surface area contributed by atoms with Crippen molar-refractivity contribution in [3.63, 3.8) is 0 Å². The van der Waals surface area contributed by atoms with Crippen LogP contribution in [0.5, 0.6) is 5.75 Å². The van der Waals surface area contributed by atoms with Crippen molar-refractivity contribution in [1.29, 1.82) is 0 Å². The van der Waals surface area contributed by atoms with Crippen molar-refractivity contribution in [3.8, 4) is 5.75 Å². The molecule has 1 aliphatic heterocycles. The quantitative estimate of drug-likeness (QED) is 0.749. The average molecular weight is 302 g/mol. The molecule has 0 radical (unpaired) electrons. The van der Waals surface area contributed by atoms with Crippen molar-refractivity contribution in [2.75, 3.05) is 32.1 Å². The molecule has 2 aromatic rings. The Hall–Kier alpha value is -2.05. The van der Waals surface area contributed by atoms with Crippen LogP contribution in [0.25, 0.3) is 0 Å². The molecule has 1 aromatic carbocycles. The molecule has 0 spiro atoms. The van der Waals surface area contributed by atoms with E-state index in [1.54, 1.807) is 7.11 Å². The van der Waals surface area contributed by atoms with E-state index in [0.717, 1.165) is 36.8 Å². The minimum absolute atomic E-state index is 0.456. The molecule has 2 heterocycles. The Kier molecular flexibility index (Phi) is 4.60. The monoisotopic (exact) mass is 302 g/mol. The molecule has 0 saturated heterocycles.